The summed E-state index contributed by atoms with van der Waals surface area (Å²) < 4.78 is 1.09. The quantitative estimate of drug-likeness (QED) is 0.609. The lowest BCUT2D eigenvalue weighted by molar-refractivity contribution is 0.848. The van der Waals surface area contributed by atoms with E-state index in [1.165, 1.54) is 0 Å². The van der Waals surface area contributed by atoms with Crippen molar-refractivity contribution in [3.63, 3.8) is 0 Å². The summed E-state index contributed by atoms with van der Waals surface area (Å²) in [4.78, 5) is 13.1. The van der Waals surface area contributed by atoms with E-state index in [4.69, 9.17) is 23.2 Å². The van der Waals surface area contributed by atoms with Crippen molar-refractivity contribution >= 4 is 44.8 Å². The van der Waals surface area contributed by atoms with Crippen LogP contribution in [0.25, 0.3) is 21.6 Å². The molecule has 0 aliphatic carbocycles. The van der Waals surface area contributed by atoms with Gasteiger partial charge in [-0.25, -0.2) is 9.97 Å². The molecule has 20 heavy (non-hydrogen) atoms. The first-order valence-electron chi connectivity index (χ1n) is 6.13. The van der Waals surface area contributed by atoms with E-state index in [9.17, 15) is 0 Å². The van der Waals surface area contributed by atoms with Crippen LogP contribution in [0.5, 0.6) is 0 Å². The Bertz CT molecular complexity index is 760. The highest BCUT2D eigenvalue weighted by molar-refractivity contribution is 7.17. The molecule has 3 nitrogen and oxygen atoms in total. The molecule has 0 aromatic carbocycles. The van der Waals surface area contributed by atoms with Gasteiger partial charge in [0.25, 0.3) is 0 Å². The number of rotatable bonds is 2. The normalized spacial score (nSPS) is 11.4. The fraction of sp³-hybridized carbons (Fsp3) is 0.214. The van der Waals surface area contributed by atoms with Gasteiger partial charge in [-0.05, 0) is 23.4 Å². The van der Waals surface area contributed by atoms with Gasteiger partial charge in [-0.1, -0.05) is 37.0 Å². The molecular weight excluding hydrogens is 313 g/mol. The molecule has 0 N–H and O–H groups in total. The van der Waals surface area contributed by atoms with Gasteiger partial charge in [0.05, 0.1) is 10.2 Å². The van der Waals surface area contributed by atoms with E-state index in [2.05, 4.69) is 15.0 Å². The van der Waals surface area contributed by atoms with Crippen LogP contribution in [0, 0.1) is 0 Å². The van der Waals surface area contributed by atoms with Crippen LogP contribution >= 0.6 is 34.5 Å². The van der Waals surface area contributed by atoms with Crippen molar-refractivity contribution in [2.75, 3.05) is 0 Å². The number of hydrogen-bond acceptors (Lipinski definition) is 4. The Morgan fingerprint density at radius 1 is 1.15 bits per heavy atom. The van der Waals surface area contributed by atoms with Gasteiger partial charge in [-0.3, -0.25) is 4.98 Å². The van der Waals surface area contributed by atoms with E-state index in [-0.39, 0.29) is 5.92 Å². The summed E-state index contributed by atoms with van der Waals surface area (Å²) in [5.74, 6) is 0.689. The van der Waals surface area contributed by atoms with Gasteiger partial charge in [0.1, 0.15) is 10.3 Å². The number of hydrogen-bond donors (Lipinski definition) is 0. The minimum Gasteiger partial charge on any atom is -0.255 e. The van der Waals surface area contributed by atoms with Gasteiger partial charge in [-0.15, -0.1) is 11.3 Å². The minimum absolute atomic E-state index is 0.182. The summed E-state index contributed by atoms with van der Waals surface area (Å²) in [5, 5.41) is 2.81. The Labute approximate surface area is 130 Å². The summed E-state index contributed by atoms with van der Waals surface area (Å²) in [6, 6.07) is 3.98. The van der Waals surface area contributed by atoms with Gasteiger partial charge in [0.2, 0.25) is 0 Å². The zero-order valence-corrected chi connectivity index (χ0v) is 13.2. The van der Waals surface area contributed by atoms with E-state index >= 15 is 0 Å². The van der Waals surface area contributed by atoms with Crippen LogP contribution < -0.4 is 0 Å². The Balaban J connectivity index is 2.14. The van der Waals surface area contributed by atoms with Crippen molar-refractivity contribution in [3.05, 3.63) is 39.6 Å². The first-order chi connectivity index (χ1) is 9.56. The highest BCUT2D eigenvalue weighted by Gasteiger charge is 2.16. The van der Waals surface area contributed by atoms with Gasteiger partial charge < -0.3 is 0 Å². The largest absolute Gasteiger partial charge is 0.255 e. The molecule has 0 fully saturated rings. The average molecular weight is 324 g/mol. The molecule has 102 valence electrons. The Hall–Kier alpha value is -1.23. The SMILES string of the molecule is CC(C)c1c(Cl)nc(-c2cnc3ccsc3c2)nc1Cl. The predicted octanol–water partition coefficient (Wildman–Crippen LogP) is 5.18. The summed E-state index contributed by atoms with van der Waals surface area (Å²) in [6.45, 7) is 4.02. The van der Waals surface area contributed by atoms with Gasteiger partial charge in [-0.2, -0.15) is 0 Å². The molecule has 0 radical (unpaired) electrons. The standard InChI is InChI=1S/C14H11Cl2N3S/c1-7(2)11-12(15)18-14(19-13(11)16)8-5-10-9(17-6-8)3-4-20-10/h3-7H,1-2H3. The lowest BCUT2D eigenvalue weighted by atomic mass is 10.1. The minimum atomic E-state index is 0.182. The lowest BCUT2D eigenvalue weighted by Gasteiger charge is -2.10. The zero-order chi connectivity index (χ0) is 14.3. The molecule has 0 aliphatic heterocycles. The summed E-state index contributed by atoms with van der Waals surface area (Å²) >= 11 is 14.1. The van der Waals surface area contributed by atoms with E-state index in [0.29, 0.717) is 16.1 Å². The summed E-state index contributed by atoms with van der Waals surface area (Å²) in [5.41, 5.74) is 2.57. The third-order valence-corrected chi connectivity index (χ3v) is 4.42. The molecule has 6 heteroatoms. The number of pyridine rings is 1. The molecule has 0 saturated heterocycles. The van der Waals surface area contributed by atoms with Crippen molar-refractivity contribution in [1.82, 2.24) is 15.0 Å². The van der Waals surface area contributed by atoms with Gasteiger partial charge in [0, 0.05) is 17.3 Å². The number of nitrogens with zero attached hydrogens (tertiary/aromatic N) is 3. The lowest BCUT2D eigenvalue weighted by Crippen LogP contribution is -1.99. The smallest absolute Gasteiger partial charge is 0.164 e. The van der Waals surface area contributed by atoms with Crippen LogP contribution in [0.3, 0.4) is 0 Å². The van der Waals surface area contributed by atoms with E-state index in [1.54, 1.807) is 17.5 Å². The predicted molar refractivity (Wildman–Crippen MR) is 84.8 cm³/mol. The van der Waals surface area contributed by atoms with Crippen LogP contribution in [0.2, 0.25) is 10.3 Å². The van der Waals surface area contributed by atoms with Crippen molar-refractivity contribution in [3.8, 4) is 11.4 Å². The Morgan fingerprint density at radius 3 is 2.50 bits per heavy atom. The van der Waals surface area contributed by atoms with Crippen LogP contribution in [0.1, 0.15) is 25.3 Å². The molecule has 0 unspecified atom stereocenters. The molecule has 0 bridgehead atoms. The van der Waals surface area contributed by atoms with E-state index in [1.807, 2.05) is 31.4 Å². The first-order valence-corrected chi connectivity index (χ1v) is 7.76. The maximum Gasteiger partial charge on any atom is 0.164 e. The molecule has 3 rings (SSSR count). The van der Waals surface area contributed by atoms with Crippen LogP contribution in [-0.2, 0) is 0 Å². The third kappa shape index (κ3) is 2.39. The summed E-state index contributed by atoms with van der Waals surface area (Å²) in [6.07, 6.45) is 1.74. The molecule has 3 aromatic heterocycles. The van der Waals surface area contributed by atoms with Crippen LogP contribution in [-0.4, -0.2) is 15.0 Å². The number of aromatic nitrogens is 3. The maximum absolute atomic E-state index is 6.22. The molecule has 3 aromatic rings. The first kappa shape index (κ1) is 13.7. The molecule has 0 aliphatic rings. The van der Waals surface area contributed by atoms with E-state index in [0.717, 1.165) is 21.3 Å². The highest BCUT2D eigenvalue weighted by Crippen LogP contribution is 2.32. The highest BCUT2D eigenvalue weighted by atomic mass is 35.5. The molecule has 0 saturated carbocycles. The number of thiophene rings is 1. The average Bonchev–Trinajstić information content (AvgIpc) is 2.84. The van der Waals surface area contributed by atoms with Gasteiger partial charge >= 0.3 is 0 Å². The monoisotopic (exact) mass is 323 g/mol. The fourth-order valence-electron chi connectivity index (χ4n) is 1.99. The third-order valence-electron chi connectivity index (χ3n) is 2.99. The van der Waals surface area contributed by atoms with Crippen molar-refractivity contribution in [2.24, 2.45) is 0 Å². The molecule has 0 atom stereocenters. The Kier molecular flexibility index (Phi) is 3.63. The molecule has 3 heterocycles. The Morgan fingerprint density at radius 2 is 1.85 bits per heavy atom. The zero-order valence-electron chi connectivity index (χ0n) is 10.9. The topological polar surface area (TPSA) is 38.7 Å². The van der Waals surface area contributed by atoms with Crippen LogP contribution in [0.15, 0.2) is 23.7 Å². The van der Waals surface area contributed by atoms with Crippen LogP contribution in [0.4, 0.5) is 0 Å². The summed E-state index contributed by atoms with van der Waals surface area (Å²) in [7, 11) is 0. The number of fused-ring (bicyclic) bond motifs is 1. The maximum atomic E-state index is 6.22. The van der Waals surface area contributed by atoms with Crippen molar-refractivity contribution in [2.45, 2.75) is 19.8 Å². The van der Waals surface area contributed by atoms with Crippen molar-refractivity contribution in [1.29, 1.82) is 0 Å². The second kappa shape index (κ2) is 5.28. The second-order valence-corrected chi connectivity index (χ2v) is 6.39. The molecule has 0 spiro atoms. The fourth-order valence-corrected chi connectivity index (χ4v) is 3.59. The van der Waals surface area contributed by atoms with E-state index < -0.39 is 0 Å². The molecular formula is C14H11Cl2N3S. The number of halogens is 2. The molecule has 0 amide bonds. The van der Waals surface area contributed by atoms with Crippen molar-refractivity contribution < 1.29 is 0 Å². The second-order valence-electron chi connectivity index (χ2n) is 4.73. The van der Waals surface area contributed by atoms with Gasteiger partial charge in [0.15, 0.2) is 5.82 Å².